The van der Waals surface area contributed by atoms with Gasteiger partial charge in [0.15, 0.2) is 0 Å². The molecule has 4 heteroatoms. The highest BCUT2D eigenvalue weighted by atomic mass is 79.9. The third kappa shape index (κ3) is 3.41. The SMILES string of the molecule is Fc1ccc(Br)cc1CN1CCC(C2CCCN2)CC1. The summed E-state index contributed by atoms with van der Waals surface area (Å²) in [5, 5.41) is 3.62. The van der Waals surface area contributed by atoms with Gasteiger partial charge in [-0.05, 0) is 69.4 Å². The molecule has 0 aromatic heterocycles. The molecule has 0 spiro atoms. The predicted molar refractivity (Wildman–Crippen MR) is 83.1 cm³/mol. The highest BCUT2D eigenvalue weighted by molar-refractivity contribution is 9.10. The summed E-state index contributed by atoms with van der Waals surface area (Å²) in [5.74, 6) is 0.730. The molecule has 0 aliphatic carbocycles. The zero-order valence-electron chi connectivity index (χ0n) is 11.7. The maximum absolute atomic E-state index is 13.8. The molecule has 3 rings (SSSR count). The second-order valence-corrected chi connectivity index (χ2v) is 6.97. The average molecular weight is 341 g/mol. The fraction of sp³-hybridized carbons (Fsp3) is 0.625. The van der Waals surface area contributed by atoms with E-state index in [-0.39, 0.29) is 5.82 Å². The third-order valence-electron chi connectivity index (χ3n) is 4.70. The van der Waals surface area contributed by atoms with Gasteiger partial charge in [0.05, 0.1) is 0 Å². The van der Waals surface area contributed by atoms with Crippen LogP contribution >= 0.6 is 15.9 Å². The van der Waals surface area contributed by atoms with Crippen molar-refractivity contribution in [2.24, 2.45) is 5.92 Å². The van der Waals surface area contributed by atoms with E-state index in [1.54, 1.807) is 12.1 Å². The molecular formula is C16H22BrFN2. The van der Waals surface area contributed by atoms with Crippen LogP contribution in [0, 0.1) is 11.7 Å². The molecule has 1 aromatic rings. The van der Waals surface area contributed by atoms with Crippen LogP contribution in [0.1, 0.15) is 31.2 Å². The lowest BCUT2D eigenvalue weighted by molar-refractivity contribution is 0.156. The molecule has 0 saturated carbocycles. The van der Waals surface area contributed by atoms with E-state index in [0.717, 1.165) is 41.6 Å². The number of hydrogen-bond acceptors (Lipinski definition) is 2. The van der Waals surface area contributed by atoms with Crippen molar-refractivity contribution in [1.29, 1.82) is 0 Å². The maximum Gasteiger partial charge on any atom is 0.127 e. The topological polar surface area (TPSA) is 15.3 Å². The van der Waals surface area contributed by atoms with Gasteiger partial charge in [-0.3, -0.25) is 4.90 Å². The Morgan fingerprint density at radius 1 is 1.25 bits per heavy atom. The van der Waals surface area contributed by atoms with Crippen molar-refractivity contribution in [3.05, 3.63) is 34.1 Å². The maximum atomic E-state index is 13.8. The van der Waals surface area contributed by atoms with Crippen LogP contribution in [0.2, 0.25) is 0 Å². The molecule has 1 N–H and O–H groups in total. The second-order valence-electron chi connectivity index (χ2n) is 6.05. The van der Waals surface area contributed by atoms with Crippen LogP contribution in [0.4, 0.5) is 4.39 Å². The Balaban J connectivity index is 1.54. The Morgan fingerprint density at radius 2 is 2.05 bits per heavy atom. The van der Waals surface area contributed by atoms with E-state index in [1.165, 1.54) is 32.2 Å². The molecule has 110 valence electrons. The standard InChI is InChI=1S/C16H22BrFN2/c17-14-3-4-15(18)13(10-14)11-20-8-5-12(6-9-20)16-2-1-7-19-16/h3-4,10,12,16,19H,1-2,5-9,11H2. The van der Waals surface area contributed by atoms with Crippen LogP contribution in [0.3, 0.4) is 0 Å². The third-order valence-corrected chi connectivity index (χ3v) is 5.19. The summed E-state index contributed by atoms with van der Waals surface area (Å²) >= 11 is 3.42. The van der Waals surface area contributed by atoms with Gasteiger partial charge in [0.25, 0.3) is 0 Å². The lowest BCUT2D eigenvalue weighted by Crippen LogP contribution is -2.40. The molecule has 2 aliphatic rings. The number of piperidine rings is 1. The fourth-order valence-corrected chi connectivity index (χ4v) is 3.94. The first-order valence-corrected chi connectivity index (χ1v) is 8.41. The molecule has 0 radical (unpaired) electrons. The first kappa shape index (κ1) is 14.5. The van der Waals surface area contributed by atoms with E-state index >= 15 is 0 Å². The lowest BCUT2D eigenvalue weighted by atomic mass is 9.88. The first-order chi connectivity index (χ1) is 9.72. The Hall–Kier alpha value is -0.450. The summed E-state index contributed by atoms with van der Waals surface area (Å²) in [7, 11) is 0. The number of rotatable bonds is 3. The quantitative estimate of drug-likeness (QED) is 0.905. The van der Waals surface area contributed by atoms with Crippen molar-refractivity contribution in [3.63, 3.8) is 0 Å². The first-order valence-electron chi connectivity index (χ1n) is 7.62. The predicted octanol–water partition coefficient (Wildman–Crippen LogP) is 3.55. The summed E-state index contributed by atoms with van der Waals surface area (Å²) < 4.78 is 14.7. The van der Waals surface area contributed by atoms with Crippen LogP contribution < -0.4 is 5.32 Å². The van der Waals surface area contributed by atoms with E-state index in [4.69, 9.17) is 0 Å². The highest BCUT2D eigenvalue weighted by Gasteiger charge is 2.28. The van der Waals surface area contributed by atoms with Crippen LogP contribution in [0.5, 0.6) is 0 Å². The number of benzene rings is 1. The van der Waals surface area contributed by atoms with Gasteiger partial charge in [-0.15, -0.1) is 0 Å². The van der Waals surface area contributed by atoms with Gasteiger partial charge in [0.2, 0.25) is 0 Å². The van der Waals surface area contributed by atoms with Crippen LogP contribution in [0.25, 0.3) is 0 Å². The summed E-state index contributed by atoms with van der Waals surface area (Å²) in [6.45, 7) is 4.10. The van der Waals surface area contributed by atoms with Gasteiger partial charge in [-0.25, -0.2) is 4.39 Å². The van der Waals surface area contributed by atoms with Gasteiger partial charge >= 0.3 is 0 Å². The van der Waals surface area contributed by atoms with E-state index in [0.29, 0.717) is 0 Å². The van der Waals surface area contributed by atoms with Gasteiger partial charge in [0, 0.05) is 22.6 Å². The summed E-state index contributed by atoms with van der Waals surface area (Å²) in [5.41, 5.74) is 0.803. The summed E-state index contributed by atoms with van der Waals surface area (Å²) in [4.78, 5) is 2.39. The molecule has 20 heavy (non-hydrogen) atoms. The van der Waals surface area contributed by atoms with E-state index in [2.05, 4.69) is 26.1 Å². The van der Waals surface area contributed by atoms with Crippen molar-refractivity contribution >= 4 is 15.9 Å². The Kier molecular flexibility index (Phi) is 4.74. The molecule has 2 aliphatic heterocycles. The van der Waals surface area contributed by atoms with Crippen molar-refractivity contribution in [2.45, 2.75) is 38.3 Å². The molecule has 2 heterocycles. The molecule has 0 bridgehead atoms. The largest absolute Gasteiger partial charge is 0.314 e. The molecule has 2 nitrogen and oxygen atoms in total. The Morgan fingerprint density at radius 3 is 2.75 bits per heavy atom. The fourth-order valence-electron chi connectivity index (χ4n) is 3.53. The Bertz CT molecular complexity index is 452. The molecule has 1 atom stereocenters. The van der Waals surface area contributed by atoms with Gasteiger partial charge in [0.1, 0.15) is 5.82 Å². The minimum absolute atomic E-state index is 0.0900. The normalized spacial score (nSPS) is 25.2. The van der Waals surface area contributed by atoms with Crippen LogP contribution in [-0.2, 0) is 6.54 Å². The van der Waals surface area contributed by atoms with Crippen LogP contribution in [0.15, 0.2) is 22.7 Å². The zero-order valence-corrected chi connectivity index (χ0v) is 13.3. The number of nitrogens with zero attached hydrogens (tertiary/aromatic N) is 1. The lowest BCUT2D eigenvalue weighted by Gasteiger charge is -2.35. The summed E-state index contributed by atoms with van der Waals surface area (Å²) in [6.07, 6.45) is 5.15. The number of likely N-dealkylation sites (tertiary alicyclic amines) is 1. The molecule has 2 saturated heterocycles. The smallest absolute Gasteiger partial charge is 0.127 e. The molecule has 0 amide bonds. The number of halogens is 2. The Labute approximate surface area is 128 Å². The molecule has 2 fully saturated rings. The molecule has 1 aromatic carbocycles. The second kappa shape index (κ2) is 6.54. The summed E-state index contributed by atoms with van der Waals surface area (Å²) in [6, 6.07) is 5.95. The van der Waals surface area contributed by atoms with Crippen molar-refractivity contribution < 1.29 is 4.39 Å². The molecule has 1 unspecified atom stereocenters. The van der Waals surface area contributed by atoms with Crippen molar-refractivity contribution in [1.82, 2.24) is 10.2 Å². The van der Waals surface area contributed by atoms with E-state index in [1.807, 2.05) is 6.07 Å². The molecular weight excluding hydrogens is 319 g/mol. The van der Waals surface area contributed by atoms with Crippen molar-refractivity contribution in [2.75, 3.05) is 19.6 Å². The van der Waals surface area contributed by atoms with E-state index in [9.17, 15) is 4.39 Å². The van der Waals surface area contributed by atoms with Gasteiger partial charge < -0.3 is 5.32 Å². The van der Waals surface area contributed by atoms with E-state index < -0.39 is 0 Å². The van der Waals surface area contributed by atoms with Gasteiger partial charge in [-0.1, -0.05) is 15.9 Å². The average Bonchev–Trinajstić information content (AvgIpc) is 2.98. The monoisotopic (exact) mass is 340 g/mol. The van der Waals surface area contributed by atoms with Crippen LogP contribution in [-0.4, -0.2) is 30.6 Å². The minimum Gasteiger partial charge on any atom is -0.314 e. The zero-order chi connectivity index (χ0) is 13.9. The number of nitrogens with one attached hydrogen (secondary N) is 1. The highest BCUT2D eigenvalue weighted by Crippen LogP contribution is 2.27. The van der Waals surface area contributed by atoms with Crippen molar-refractivity contribution in [3.8, 4) is 0 Å². The number of hydrogen-bond donors (Lipinski definition) is 1. The van der Waals surface area contributed by atoms with Gasteiger partial charge in [-0.2, -0.15) is 0 Å². The minimum atomic E-state index is -0.0900.